The Hall–Kier alpha value is -4.45. The van der Waals surface area contributed by atoms with Crippen molar-refractivity contribution in [3.63, 3.8) is 0 Å². The number of hydrogen-bond donors (Lipinski definition) is 2. The van der Waals surface area contributed by atoms with Gasteiger partial charge in [-0.2, -0.15) is 0 Å². The fourth-order valence-corrected chi connectivity index (χ4v) is 4.63. The molecule has 178 valence electrons. The fraction of sp³-hybridized carbons (Fsp3) is 0.130. The van der Waals surface area contributed by atoms with Crippen LogP contribution in [-0.4, -0.2) is 47.7 Å². The summed E-state index contributed by atoms with van der Waals surface area (Å²) in [5.74, 6) is 0.593. The molecule has 1 aliphatic rings. The lowest BCUT2D eigenvalue weighted by Crippen LogP contribution is -2.17. The molecule has 1 aromatic heterocycles. The van der Waals surface area contributed by atoms with Gasteiger partial charge >= 0.3 is 0 Å². The van der Waals surface area contributed by atoms with Crippen molar-refractivity contribution in [1.82, 2.24) is 20.2 Å². The number of rotatable bonds is 6. The largest absolute Gasteiger partial charge is 0.486 e. The molecule has 5 rings (SSSR count). The summed E-state index contributed by atoms with van der Waals surface area (Å²) in [6.07, 6.45) is 1.48. The van der Waals surface area contributed by atoms with Crippen LogP contribution in [0.15, 0.2) is 71.9 Å². The molecule has 0 fully saturated rings. The molecule has 1 aliphatic heterocycles. The van der Waals surface area contributed by atoms with Gasteiger partial charge in [0.05, 0.1) is 10.6 Å². The Morgan fingerprint density at radius 1 is 0.943 bits per heavy atom. The zero-order valence-corrected chi connectivity index (χ0v) is 19.3. The lowest BCUT2D eigenvalue weighted by molar-refractivity contribution is 0.102. The van der Waals surface area contributed by atoms with E-state index in [0.29, 0.717) is 41.7 Å². The van der Waals surface area contributed by atoms with Gasteiger partial charge < -0.3 is 14.8 Å². The highest BCUT2D eigenvalue weighted by molar-refractivity contribution is 7.92. The van der Waals surface area contributed by atoms with E-state index < -0.39 is 10.0 Å². The van der Waals surface area contributed by atoms with Gasteiger partial charge in [0.15, 0.2) is 11.5 Å². The van der Waals surface area contributed by atoms with Crippen LogP contribution in [0.3, 0.4) is 0 Å². The molecule has 0 aliphatic carbocycles. The number of anilines is 2. The minimum atomic E-state index is -3.84. The molecule has 0 bridgehead atoms. The van der Waals surface area contributed by atoms with Crippen LogP contribution >= 0.6 is 0 Å². The van der Waals surface area contributed by atoms with Gasteiger partial charge in [0.25, 0.3) is 15.9 Å². The average molecular weight is 493 g/mol. The van der Waals surface area contributed by atoms with Gasteiger partial charge in [-0.15, -0.1) is 5.10 Å². The fourth-order valence-electron chi connectivity index (χ4n) is 3.56. The summed E-state index contributed by atoms with van der Waals surface area (Å²) in [6, 6.07) is 16.0. The van der Waals surface area contributed by atoms with Crippen molar-refractivity contribution < 1.29 is 22.7 Å². The van der Waals surface area contributed by atoms with Crippen LogP contribution in [0.4, 0.5) is 11.4 Å². The summed E-state index contributed by atoms with van der Waals surface area (Å²) < 4.78 is 40.5. The summed E-state index contributed by atoms with van der Waals surface area (Å²) in [7, 11) is -3.84. The van der Waals surface area contributed by atoms with E-state index in [4.69, 9.17) is 9.47 Å². The summed E-state index contributed by atoms with van der Waals surface area (Å²) >= 11 is 0. The molecule has 0 saturated heterocycles. The Balaban J connectivity index is 1.26. The Morgan fingerprint density at radius 2 is 1.69 bits per heavy atom. The lowest BCUT2D eigenvalue weighted by atomic mass is 10.1. The Morgan fingerprint density at radius 3 is 2.40 bits per heavy atom. The quantitative estimate of drug-likeness (QED) is 0.419. The van der Waals surface area contributed by atoms with Gasteiger partial charge in [0, 0.05) is 23.0 Å². The highest BCUT2D eigenvalue weighted by Crippen LogP contribution is 2.32. The molecule has 4 aromatic rings. The van der Waals surface area contributed by atoms with Gasteiger partial charge in [-0.3, -0.25) is 9.52 Å². The van der Waals surface area contributed by atoms with E-state index in [1.807, 2.05) is 6.92 Å². The third kappa shape index (κ3) is 4.77. The first-order valence-electron chi connectivity index (χ1n) is 10.6. The highest BCUT2D eigenvalue weighted by Gasteiger charge is 2.19. The van der Waals surface area contributed by atoms with E-state index in [1.54, 1.807) is 48.5 Å². The van der Waals surface area contributed by atoms with Crippen LogP contribution < -0.4 is 19.5 Å². The molecule has 3 aromatic carbocycles. The maximum Gasteiger partial charge on any atom is 0.262 e. The highest BCUT2D eigenvalue weighted by atomic mass is 32.2. The third-order valence-corrected chi connectivity index (χ3v) is 6.65. The SMILES string of the molecule is Cc1cc(C(=O)Nc2ccc(NS(=O)(=O)c3ccc4c(c3)OCCO4)cc2)ccc1-n1cnnn1. The van der Waals surface area contributed by atoms with Gasteiger partial charge in [-0.25, -0.2) is 13.1 Å². The Labute approximate surface area is 200 Å². The number of benzene rings is 3. The number of aromatic nitrogens is 4. The standard InChI is InChI=1S/C23H20N6O5S/c1-15-12-16(2-8-20(15)29-14-24-27-28-29)23(30)25-17-3-5-18(6-4-17)26-35(31,32)19-7-9-21-22(13-19)34-11-10-33-21/h2-9,12-14,26H,10-11H2,1H3,(H,25,30). The van der Waals surface area contributed by atoms with Crippen molar-refractivity contribution >= 4 is 27.3 Å². The van der Waals surface area contributed by atoms with E-state index in [9.17, 15) is 13.2 Å². The number of hydrogen-bond acceptors (Lipinski definition) is 8. The normalized spacial score (nSPS) is 12.7. The van der Waals surface area contributed by atoms with E-state index >= 15 is 0 Å². The molecular weight excluding hydrogens is 472 g/mol. The number of carbonyl (C=O) groups excluding carboxylic acids is 1. The van der Waals surface area contributed by atoms with Crippen LogP contribution in [0.25, 0.3) is 5.69 Å². The van der Waals surface area contributed by atoms with Crippen LogP contribution in [0, 0.1) is 6.92 Å². The molecule has 0 atom stereocenters. The van der Waals surface area contributed by atoms with Crippen molar-refractivity contribution in [2.45, 2.75) is 11.8 Å². The number of nitrogens with one attached hydrogen (secondary N) is 2. The minimum Gasteiger partial charge on any atom is -0.486 e. The summed E-state index contributed by atoms with van der Waals surface area (Å²) in [4.78, 5) is 12.7. The topological polar surface area (TPSA) is 137 Å². The van der Waals surface area contributed by atoms with Crippen molar-refractivity contribution in [2.75, 3.05) is 23.3 Å². The summed E-state index contributed by atoms with van der Waals surface area (Å²) in [5.41, 5.74) is 2.91. The minimum absolute atomic E-state index is 0.0552. The maximum atomic E-state index is 12.8. The molecule has 11 nitrogen and oxygen atoms in total. The van der Waals surface area contributed by atoms with Crippen LogP contribution in [0.2, 0.25) is 0 Å². The first-order chi connectivity index (χ1) is 16.9. The Bertz CT molecular complexity index is 1490. The number of carbonyl (C=O) groups is 1. The maximum absolute atomic E-state index is 12.8. The summed E-state index contributed by atoms with van der Waals surface area (Å²) in [6.45, 7) is 2.64. The Kier molecular flexibility index (Phi) is 5.79. The average Bonchev–Trinajstić information content (AvgIpc) is 3.39. The predicted octanol–water partition coefficient (Wildman–Crippen LogP) is 2.80. The first kappa shape index (κ1) is 22.3. The van der Waals surface area contributed by atoms with Crippen molar-refractivity contribution in [1.29, 1.82) is 0 Å². The van der Waals surface area contributed by atoms with E-state index in [0.717, 1.165) is 11.3 Å². The molecule has 35 heavy (non-hydrogen) atoms. The number of sulfonamides is 1. The number of amides is 1. The molecule has 0 spiro atoms. The molecule has 0 saturated carbocycles. The van der Waals surface area contributed by atoms with Crippen LogP contribution in [-0.2, 0) is 10.0 Å². The number of ether oxygens (including phenoxy) is 2. The predicted molar refractivity (Wildman–Crippen MR) is 127 cm³/mol. The molecule has 0 radical (unpaired) electrons. The van der Waals surface area contributed by atoms with E-state index in [1.165, 1.54) is 23.1 Å². The molecule has 0 unspecified atom stereocenters. The van der Waals surface area contributed by atoms with Gasteiger partial charge in [-0.1, -0.05) is 0 Å². The van der Waals surface area contributed by atoms with E-state index in [2.05, 4.69) is 25.6 Å². The second-order valence-electron chi connectivity index (χ2n) is 7.70. The zero-order valence-electron chi connectivity index (χ0n) is 18.5. The second-order valence-corrected chi connectivity index (χ2v) is 9.38. The van der Waals surface area contributed by atoms with Crippen LogP contribution in [0.1, 0.15) is 15.9 Å². The molecule has 2 N–H and O–H groups in total. The third-order valence-electron chi connectivity index (χ3n) is 5.27. The molecule has 2 heterocycles. The molecule has 1 amide bonds. The number of nitrogens with zero attached hydrogens (tertiary/aromatic N) is 4. The summed E-state index contributed by atoms with van der Waals surface area (Å²) in [5, 5.41) is 13.9. The molecule has 12 heteroatoms. The second kappa shape index (κ2) is 9.06. The van der Waals surface area contributed by atoms with Crippen molar-refractivity contribution in [2.24, 2.45) is 0 Å². The number of fused-ring (bicyclic) bond motifs is 1. The van der Waals surface area contributed by atoms with E-state index in [-0.39, 0.29) is 10.8 Å². The van der Waals surface area contributed by atoms with Crippen molar-refractivity contribution in [3.05, 3.63) is 78.1 Å². The monoisotopic (exact) mass is 492 g/mol. The molecular formula is C23H20N6O5S. The number of aryl methyl sites for hydroxylation is 1. The zero-order chi connectivity index (χ0) is 24.4. The van der Waals surface area contributed by atoms with Gasteiger partial charge in [0.1, 0.15) is 19.5 Å². The van der Waals surface area contributed by atoms with Crippen molar-refractivity contribution in [3.8, 4) is 17.2 Å². The van der Waals surface area contributed by atoms with Gasteiger partial charge in [0.2, 0.25) is 0 Å². The first-order valence-corrected chi connectivity index (χ1v) is 12.1. The number of tetrazole rings is 1. The van der Waals surface area contributed by atoms with Crippen LogP contribution in [0.5, 0.6) is 11.5 Å². The van der Waals surface area contributed by atoms with Gasteiger partial charge in [-0.05, 0) is 77.5 Å². The smallest absolute Gasteiger partial charge is 0.262 e. The lowest BCUT2D eigenvalue weighted by Gasteiger charge is -2.19.